The molecular formula is C15H19FN4O3. The normalized spacial score (nSPS) is 11.3. The molecule has 0 bridgehead atoms. The lowest BCUT2D eigenvalue weighted by Gasteiger charge is -2.20. The molecule has 0 fully saturated rings. The van der Waals surface area contributed by atoms with E-state index >= 15 is 0 Å². The third kappa shape index (κ3) is 3.97. The molecule has 7 nitrogen and oxygen atoms in total. The summed E-state index contributed by atoms with van der Waals surface area (Å²) in [6, 6.07) is 3.98. The van der Waals surface area contributed by atoms with E-state index in [1.807, 2.05) is 20.8 Å². The SMILES string of the molecule is COc1cc(-n2c(CC(=O)NC(C)(C)C)n[nH]c2=O)ccc1F. The van der Waals surface area contributed by atoms with E-state index in [1.165, 1.54) is 29.9 Å². The molecule has 0 radical (unpaired) electrons. The second kappa shape index (κ2) is 6.23. The van der Waals surface area contributed by atoms with Gasteiger partial charge in [0.2, 0.25) is 5.91 Å². The molecule has 2 aromatic rings. The van der Waals surface area contributed by atoms with Crippen molar-refractivity contribution in [3.63, 3.8) is 0 Å². The predicted octanol–water partition coefficient (Wildman–Crippen LogP) is 1.17. The van der Waals surface area contributed by atoms with Gasteiger partial charge in [-0.05, 0) is 32.9 Å². The van der Waals surface area contributed by atoms with Crippen LogP contribution in [0.2, 0.25) is 0 Å². The van der Waals surface area contributed by atoms with Gasteiger partial charge in [0, 0.05) is 11.6 Å². The van der Waals surface area contributed by atoms with E-state index in [-0.39, 0.29) is 23.9 Å². The number of ether oxygens (including phenoxy) is 1. The minimum Gasteiger partial charge on any atom is -0.494 e. The molecule has 0 aliphatic carbocycles. The molecule has 2 N–H and O–H groups in total. The molecule has 0 saturated heterocycles. The summed E-state index contributed by atoms with van der Waals surface area (Å²) in [5, 5.41) is 8.96. The minimum absolute atomic E-state index is 0.000642. The molecule has 0 spiro atoms. The summed E-state index contributed by atoms with van der Waals surface area (Å²) >= 11 is 0. The maximum absolute atomic E-state index is 13.5. The molecule has 124 valence electrons. The van der Waals surface area contributed by atoms with Crippen molar-refractivity contribution in [2.45, 2.75) is 32.7 Å². The third-order valence-electron chi connectivity index (χ3n) is 2.97. The number of aromatic amines is 1. The fourth-order valence-corrected chi connectivity index (χ4v) is 2.11. The Morgan fingerprint density at radius 3 is 2.74 bits per heavy atom. The number of carbonyl (C=O) groups is 1. The van der Waals surface area contributed by atoms with Gasteiger partial charge in [0.15, 0.2) is 11.6 Å². The van der Waals surface area contributed by atoms with Gasteiger partial charge in [-0.2, -0.15) is 5.10 Å². The van der Waals surface area contributed by atoms with Crippen LogP contribution < -0.4 is 15.7 Å². The van der Waals surface area contributed by atoms with Crippen molar-refractivity contribution in [1.82, 2.24) is 20.1 Å². The van der Waals surface area contributed by atoms with Crippen LogP contribution in [0.15, 0.2) is 23.0 Å². The van der Waals surface area contributed by atoms with Gasteiger partial charge < -0.3 is 10.1 Å². The van der Waals surface area contributed by atoms with E-state index in [0.29, 0.717) is 5.69 Å². The minimum atomic E-state index is -0.542. The highest BCUT2D eigenvalue weighted by Gasteiger charge is 2.19. The summed E-state index contributed by atoms with van der Waals surface area (Å²) in [6.07, 6.45) is -0.0876. The first-order valence-electron chi connectivity index (χ1n) is 7.02. The van der Waals surface area contributed by atoms with Crippen LogP contribution in [0.3, 0.4) is 0 Å². The summed E-state index contributed by atoms with van der Waals surface area (Å²) in [5.74, 6) is -0.585. The number of halogens is 1. The second-order valence-electron chi connectivity index (χ2n) is 6.07. The highest BCUT2D eigenvalue weighted by molar-refractivity contribution is 5.78. The Morgan fingerprint density at radius 1 is 1.43 bits per heavy atom. The van der Waals surface area contributed by atoms with Gasteiger partial charge in [0.05, 0.1) is 19.2 Å². The Balaban J connectivity index is 2.36. The number of aromatic nitrogens is 3. The Hall–Kier alpha value is -2.64. The lowest BCUT2D eigenvalue weighted by molar-refractivity contribution is -0.121. The summed E-state index contributed by atoms with van der Waals surface area (Å²) in [7, 11) is 1.33. The number of benzene rings is 1. The quantitative estimate of drug-likeness (QED) is 0.884. The molecule has 1 aromatic heterocycles. The van der Waals surface area contributed by atoms with E-state index in [0.717, 1.165) is 0 Å². The fourth-order valence-electron chi connectivity index (χ4n) is 2.11. The lowest BCUT2D eigenvalue weighted by Crippen LogP contribution is -2.41. The first-order chi connectivity index (χ1) is 10.7. The monoisotopic (exact) mass is 322 g/mol. The summed E-state index contributed by atoms with van der Waals surface area (Å²) < 4.78 is 19.6. The zero-order valence-corrected chi connectivity index (χ0v) is 13.4. The Bertz CT molecular complexity index is 774. The third-order valence-corrected chi connectivity index (χ3v) is 2.97. The fraction of sp³-hybridized carbons (Fsp3) is 0.400. The molecular weight excluding hydrogens is 303 g/mol. The van der Waals surface area contributed by atoms with Crippen LogP contribution in [0.25, 0.3) is 5.69 Å². The highest BCUT2D eigenvalue weighted by atomic mass is 19.1. The molecule has 1 heterocycles. The lowest BCUT2D eigenvalue weighted by atomic mass is 10.1. The smallest absolute Gasteiger partial charge is 0.347 e. The Labute approximate surface area is 132 Å². The van der Waals surface area contributed by atoms with Crippen LogP contribution in [0, 0.1) is 5.82 Å². The number of amides is 1. The van der Waals surface area contributed by atoms with Crippen LogP contribution in [-0.2, 0) is 11.2 Å². The van der Waals surface area contributed by atoms with E-state index in [9.17, 15) is 14.0 Å². The molecule has 0 atom stereocenters. The van der Waals surface area contributed by atoms with Crippen molar-refractivity contribution in [2.24, 2.45) is 0 Å². The average Bonchev–Trinajstić information content (AvgIpc) is 2.78. The predicted molar refractivity (Wildman–Crippen MR) is 82.3 cm³/mol. The zero-order valence-electron chi connectivity index (χ0n) is 13.4. The maximum atomic E-state index is 13.5. The second-order valence-corrected chi connectivity index (χ2v) is 6.07. The number of carbonyl (C=O) groups excluding carboxylic acids is 1. The molecule has 0 saturated carbocycles. The molecule has 0 aliphatic heterocycles. The highest BCUT2D eigenvalue weighted by Crippen LogP contribution is 2.20. The van der Waals surface area contributed by atoms with Crippen molar-refractivity contribution in [1.29, 1.82) is 0 Å². The van der Waals surface area contributed by atoms with Crippen LogP contribution >= 0.6 is 0 Å². The number of nitrogens with one attached hydrogen (secondary N) is 2. The molecule has 23 heavy (non-hydrogen) atoms. The van der Waals surface area contributed by atoms with Gasteiger partial charge in [-0.1, -0.05) is 0 Å². The first-order valence-corrected chi connectivity index (χ1v) is 7.02. The van der Waals surface area contributed by atoms with E-state index in [2.05, 4.69) is 15.5 Å². The molecule has 0 unspecified atom stereocenters. The zero-order chi connectivity index (χ0) is 17.2. The van der Waals surface area contributed by atoms with Gasteiger partial charge in [0.1, 0.15) is 5.82 Å². The standard InChI is InChI=1S/C15H19FN4O3/c1-15(2,3)17-13(21)8-12-18-19-14(22)20(12)9-5-6-10(16)11(7-9)23-4/h5-7H,8H2,1-4H3,(H,17,21)(H,19,22). The summed E-state index contributed by atoms with van der Waals surface area (Å²) in [4.78, 5) is 24.0. The van der Waals surface area contributed by atoms with Gasteiger partial charge in [0.25, 0.3) is 0 Å². The van der Waals surface area contributed by atoms with Crippen molar-refractivity contribution < 1.29 is 13.9 Å². The van der Waals surface area contributed by atoms with Crippen molar-refractivity contribution in [3.05, 3.63) is 40.3 Å². The number of nitrogens with zero attached hydrogens (tertiary/aromatic N) is 2. The van der Waals surface area contributed by atoms with Crippen molar-refractivity contribution in [2.75, 3.05) is 7.11 Å². The van der Waals surface area contributed by atoms with Crippen LogP contribution in [0.4, 0.5) is 4.39 Å². The number of H-pyrrole nitrogens is 1. The topological polar surface area (TPSA) is 89.0 Å². The summed E-state index contributed by atoms with van der Waals surface area (Å²) in [6.45, 7) is 5.56. The molecule has 1 aromatic carbocycles. The largest absolute Gasteiger partial charge is 0.494 e. The van der Waals surface area contributed by atoms with Crippen LogP contribution in [0.5, 0.6) is 5.75 Å². The molecule has 2 rings (SSSR count). The van der Waals surface area contributed by atoms with Gasteiger partial charge in [-0.15, -0.1) is 0 Å². The van der Waals surface area contributed by atoms with Crippen LogP contribution in [-0.4, -0.2) is 33.3 Å². The van der Waals surface area contributed by atoms with E-state index in [4.69, 9.17) is 4.74 Å². The maximum Gasteiger partial charge on any atom is 0.347 e. The molecule has 1 amide bonds. The van der Waals surface area contributed by atoms with E-state index < -0.39 is 17.0 Å². The summed E-state index contributed by atoms with van der Waals surface area (Å²) in [5.41, 5.74) is -0.546. The number of hydrogen-bond acceptors (Lipinski definition) is 4. The van der Waals surface area contributed by atoms with Gasteiger partial charge in [-0.25, -0.2) is 18.9 Å². The Morgan fingerprint density at radius 2 is 2.13 bits per heavy atom. The van der Waals surface area contributed by atoms with E-state index in [1.54, 1.807) is 0 Å². The first kappa shape index (κ1) is 16.7. The Kier molecular flexibility index (Phi) is 4.53. The van der Waals surface area contributed by atoms with Crippen molar-refractivity contribution in [3.8, 4) is 11.4 Å². The molecule has 8 heteroatoms. The van der Waals surface area contributed by atoms with Crippen LogP contribution in [0.1, 0.15) is 26.6 Å². The van der Waals surface area contributed by atoms with Gasteiger partial charge >= 0.3 is 5.69 Å². The number of methoxy groups -OCH3 is 1. The number of hydrogen-bond donors (Lipinski definition) is 2. The molecule has 0 aliphatic rings. The number of rotatable bonds is 4. The van der Waals surface area contributed by atoms with Gasteiger partial charge in [-0.3, -0.25) is 4.79 Å². The average molecular weight is 322 g/mol. The van der Waals surface area contributed by atoms with Crippen molar-refractivity contribution >= 4 is 5.91 Å².